The lowest BCUT2D eigenvalue weighted by Gasteiger charge is -2.36. The first-order chi connectivity index (χ1) is 9.66. The van der Waals surface area contributed by atoms with Crippen molar-refractivity contribution in [3.05, 3.63) is 25.4 Å². The number of halogens is 1. The van der Waals surface area contributed by atoms with Crippen LogP contribution in [0, 0.1) is 3.57 Å². The first kappa shape index (κ1) is 14.5. The molecule has 3 rings (SSSR count). The molecule has 1 N–H and O–H groups in total. The van der Waals surface area contributed by atoms with Crippen molar-refractivity contribution in [1.29, 1.82) is 0 Å². The fourth-order valence-corrected chi connectivity index (χ4v) is 3.44. The number of ether oxygens (including phenoxy) is 2. The van der Waals surface area contributed by atoms with Crippen LogP contribution in [0.4, 0.5) is 0 Å². The molecule has 6 heteroatoms. The van der Waals surface area contributed by atoms with Crippen molar-refractivity contribution >= 4 is 22.6 Å². The van der Waals surface area contributed by atoms with E-state index in [0.717, 1.165) is 34.9 Å². The number of nitrogens with one attached hydrogen (secondary N) is 1. The summed E-state index contributed by atoms with van der Waals surface area (Å²) in [5, 5.41) is 0. The smallest absolute Gasteiger partial charge is 0.264 e. The molecule has 1 aliphatic heterocycles. The van der Waals surface area contributed by atoms with Crippen LogP contribution in [-0.2, 0) is 15.1 Å². The van der Waals surface area contributed by atoms with Crippen LogP contribution < -0.4 is 5.56 Å². The quantitative estimate of drug-likeness (QED) is 0.802. The van der Waals surface area contributed by atoms with Gasteiger partial charge in [-0.15, -0.1) is 0 Å². The van der Waals surface area contributed by atoms with E-state index in [-0.39, 0.29) is 5.56 Å². The average Bonchev–Trinajstić information content (AvgIpc) is 3.27. The fraction of sp³-hybridized carbons (Fsp3) is 0.714. The molecule has 0 unspecified atom stereocenters. The summed E-state index contributed by atoms with van der Waals surface area (Å²) in [7, 11) is 0. The minimum Gasteiger partial charge on any atom is -0.381 e. The van der Waals surface area contributed by atoms with Gasteiger partial charge in [0.2, 0.25) is 0 Å². The van der Waals surface area contributed by atoms with Crippen LogP contribution in [0.3, 0.4) is 0 Å². The Morgan fingerprint density at radius 2 is 2.15 bits per heavy atom. The summed E-state index contributed by atoms with van der Waals surface area (Å²) in [5.41, 5.74) is 0.429. The number of nitrogens with zero attached hydrogens (tertiary/aromatic N) is 1. The summed E-state index contributed by atoms with van der Waals surface area (Å²) < 4.78 is 12.2. The van der Waals surface area contributed by atoms with E-state index in [2.05, 4.69) is 27.6 Å². The van der Waals surface area contributed by atoms with E-state index in [1.54, 1.807) is 0 Å². The maximum absolute atomic E-state index is 12.2. The van der Waals surface area contributed by atoms with Crippen LogP contribution in [0.5, 0.6) is 0 Å². The second-order valence-corrected chi connectivity index (χ2v) is 6.51. The van der Waals surface area contributed by atoms with E-state index in [4.69, 9.17) is 14.5 Å². The number of rotatable bonds is 4. The lowest BCUT2D eigenvalue weighted by Crippen LogP contribution is -2.40. The van der Waals surface area contributed by atoms with Gasteiger partial charge in [-0.05, 0) is 42.4 Å². The lowest BCUT2D eigenvalue weighted by molar-refractivity contribution is -0.118. The normalized spacial score (nSPS) is 21.9. The van der Waals surface area contributed by atoms with Crippen molar-refractivity contribution in [2.45, 2.75) is 44.1 Å². The van der Waals surface area contributed by atoms with Gasteiger partial charge in [0.15, 0.2) is 0 Å². The molecule has 0 radical (unpaired) electrons. The van der Waals surface area contributed by atoms with Crippen LogP contribution in [0.1, 0.15) is 50.0 Å². The molecule has 2 fully saturated rings. The Hall–Kier alpha value is -0.470. The van der Waals surface area contributed by atoms with Gasteiger partial charge in [0.1, 0.15) is 11.4 Å². The minimum absolute atomic E-state index is 0.0388. The van der Waals surface area contributed by atoms with Crippen molar-refractivity contribution in [1.82, 2.24) is 9.97 Å². The molecule has 1 saturated heterocycles. The third-order valence-electron chi connectivity index (χ3n) is 4.01. The summed E-state index contributed by atoms with van der Waals surface area (Å²) in [4.78, 5) is 19.9. The molecule has 0 spiro atoms. The maximum Gasteiger partial charge on any atom is 0.264 e. The fourth-order valence-electron chi connectivity index (χ4n) is 2.75. The van der Waals surface area contributed by atoms with E-state index >= 15 is 0 Å². The molecule has 5 nitrogen and oxygen atoms in total. The monoisotopic (exact) mass is 390 g/mol. The first-order valence-electron chi connectivity index (χ1n) is 7.18. The number of hydrogen-bond donors (Lipinski definition) is 1. The predicted octanol–water partition coefficient (Wildman–Crippen LogP) is 2.29. The van der Waals surface area contributed by atoms with Gasteiger partial charge in [0, 0.05) is 38.6 Å². The van der Waals surface area contributed by atoms with Gasteiger partial charge in [-0.2, -0.15) is 0 Å². The molecule has 110 valence electrons. The van der Waals surface area contributed by atoms with Gasteiger partial charge in [-0.1, -0.05) is 0 Å². The SMILES string of the molecule is CCOC1(c2nc(C3CC3)c(I)c(=O)[nH]2)CCOCC1. The Morgan fingerprint density at radius 1 is 1.45 bits per heavy atom. The number of H-pyrrole nitrogens is 1. The topological polar surface area (TPSA) is 64.2 Å². The van der Waals surface area contributed by atoms with Crippen LogP contribution in [0.2, 0.25) is 0 Å². The van der Waals surface area contributed by atoms with Gasteiger partial charge in [0.05, 0.1) is 9.26 Å². The van der Waals surface area contributed by atoms with Gasteiger partial charge in [-0.25, -0.2) is 4.98 Å². The molecule has 2 heterocycles. The Bertz CT molecular complexity index is 542. The Morgan fingerprint density at radius 3 is 2.75 bits per heavy atom. The summed E-state index contributed by atoms with van der Waals surface area (Å²) in [5.74, 6) is 1.15. The van der Waals surface area contributed by atoms with Crippen molar-refractivity contribution in [3.63, 3.8) is 0 Å². The van der Waals surface area contributed by atoms with Crippen LogP contribution in [-0.4, -0.2) is 29.8 Å². The highest BCUT2D eigenvalue weighted by Crippen LogP contribution is 2.41. The van der Waals surface area contributed by atoms with Crippen molar-refractivity contribution in [2.75, 3.05) is 19.8 Å². The minimum atomic E-state index is -0.486. The molecular weight excluding hydrogens is 371 g/mol. The van der Waals surface area contributed by atoms with Gasteiger partial charge in [-0.3, -0.25) is 4.79 Å². The van der Waals surface area contributed by atoms with Crippen molar-refractivity contribution in [2.24, 2.45) is 0 Å². The van der Waals surface area contributed by atoms with Crippen molar-refractivity contribution in [3.8, 4) is 0 Å². The number of aromatic nitrogens is 2. The third-order valence-corrected chi connectivity index (χ3v) is 5.05. The number of aromatic amines is 1. The zero-order valence-corrected chi connectivity index (χ0v) is 13.7. The van der Waals surface area contributed by atoms with E-state index in [1.165, 1.54) is 0 Å². The zero-order chi connectivity index (χ0) is 14.2. The van der Waals surface area contributed by atoms with E-state index in [0.29, 0.717) is 31.6 Å². The van der Waals surface area contributed by atoms with Gasteiger partial charge < -0.3 is 14.5 Å². The molecule has 1 saturated carbocycles. The Labute approximate surface area is 131 Å². The molecule has 1 aromatic rings. The van der Waals surface area contributed by atoms with Crippen LogP contribution >= 0.6 is 22.6 Å². The summed E-state index contributed by atoms with van der Waals surface area (Å²) in [6.45, 7) is 3.88. The lowest BCUT2D eigenvalue weighted by atomic mass is 9.92. The Kier molecular flexibility index (Phi) is 4.14. The zero-order valence-electron chi connectivity index (χ0n) is 11.6. The van der Waals surface area contributed by atoms with E-state index in [9.17, 15) is 4.79 Å². The standard InChI is InChI=1S/C14H19IN2O3/c1-2-20-14(5-7-19-8-6-14)13-16-11(9-3-4-9)10(15)12(18)17-13/h9H,2-8H2,1H3,(H,16,17,18). The first-order valence-corrected chi connectivity index (χ1v) is 8.26. The highest BCUT2D eigenvalue weighted by Gasteiger charge is 2.39. The highest BCUT2D eigenvalue weighted by atomic mass is 127. The molecule has 0 bridgehead atoms. The van der Waals surface area contributed by atoms with E-state index < -0.39 is 5.60 Å². The Balaban J connectivity index is 2.04. The molecule has 0 aromatic carbocycles. The largest absolute Gasteiger partial charge is 0.381 e. The van der Waals surface area contributed by atoms with Crippen LogP contribution in [0.15, 0.2) is 4.79 Å². The summed E-state index contributed by atoms with van der Waals surface area (Å²) in [6, 6.07) is 0. The molecule has 1 aliphatic carbocycles. The molecule has 2 aliphatic rings. The molecule has 0 amide bonds. The second-order valence-electron chi connectivity index (χ2n) is 5.43. The average molecular weight is 390 g/mol. The maximum atomic E-state index is 12.2. The van der Waals surface area contributed by atoms with E-state index in [1.807, 2.05) is 6.92 Å². The molecule has 1 aromatic heterocycles. The third kappa shape index (κ3) is 2.65. The highest BCUT2D eigenvalue weighted by molar-refractivity contribution is 14.1. The van der Waals surface area contributed by atoms with Gasteiger partial charge >= 0.3 is 0 Å². The van der Waals surface area contributed by atoms with Crippen LogP contribution in [0.25, 0.3) is 0 Å². The van der Waals surface area contributed by atoms with Gasteiger partial charge in [0.25, 0.3) is 5.56 Å². The number of hydrogen-bond acceptors (Lipinski definition) is 4. The predicted molar refractivity (Wildman–Crippen MR) is 82.9 cm³/mol. The molecule has 20 heavy (non-hydrogen) atoms. The second kappa shape index (κ2) is 5.73. The molecule has 0 atom stereocenters. The molecular formula is C14H19IN2O3. The van der Waals surface area contributed by atoms with Crippen molar-refractivity contribution < 1.29 is 9.47 Å². The summed E-state index contributed by atoms with van der Waals surface area (Å²) >= 11 is 2.10. The summed E-state index contributed by atoms with van der Waals surface area (Å²) in [6.07, 6.45) is 3.76.